The van der Waals surface area contributed by atoms with Crippen LogP contribution in [-0.2, 0) is 4.79 Å². The Bertz CT molecular complexity index is 781. The largest absolute Gasteiger partial charge is 0.484 e. The van der Waals surface area contributed by atoms with E-state index in [0.29, 0.717) is 15.6 Å². The van der Waals surface area contributed by atoms with Crippen molar-refractivity contribution in [2.45, 2.75) is 26.2 Å². The maximum absolute atomic E-state index is 12.2. The minimum atomic E-state index is 0.0104. The lowest BCUT2D eigenvalue weighted by Gasteiger charge is -2.26. The second kappa shape index (κ2) is 8.02. The number of rotatable bonds is 5. The summed E-state index contributed by atoms with van der Waals surface area (Å²) < 4.78 is 5.68. The second-order valence-electron chi connectivity index (χ2n) is 6.13. The molecule has 3 rings (SSSR count). The van der Waals surface area contributed by atoms with E-state index in [2.05, 4.69) is 0 Å². The number of halogens is 1. The van der Waals surface area contributed by atoms with Crippen LogP contribution in [0, 0.1) is 0 Å². The molecule has 1 aromatic heterocycles. The zero-order valence-corrected chi connectivity index (χ0v) is 15.7. The standard InChI is InChI=1S/C19H20ClNO3S/c1-13(22)17-5-6-18(25-17)14-9-15(20)11-16(10-14)24-12-19(23)21-7-3-2-4-8-21/h5-6,9-11H,2-4,7-8,12H2,1H3. The van der Waals surface area contributed by atoms with Gasteiger partial charge in [-0.05, 0) is 62.1 Å². The summed E-state index contributed by atoms with van der Waals surface area (Å²) in [6, 6.07) is 9.09. The lowest BCUT2D eigenvalue weighted by Crippen LogP contribution is -2.38. The van der Waals surface area contributed by atoms with Crippen LogP contribution in [0.4, 0.5) is 0 Å². The van der Waals surface area contributed by atoms with Crippen molar-refractivity contribution in [3.05, 3.63) is 40.2 Å². The topological polar surface area (TPSA) is 46.6 Å². The van der Waals surface area contributed by atoms with E-state index in [1.807, 2.05) is 29.2 Å². The second-order valence-corrected chi connectivity index (χ2v) is 7.65. The van der Waals surface area contributed by atoms with Crippen LogP contribution in [0.25, 0.3) is 10.4 Å². The predicted molar refractivity (Wildman–Crippen MR) is 101 cm³/mol. The van der Waals surface area contributed by atoms with Crippen molar-refractivity contribution in [3.63, 3.8) is 0 Å². The van der Waals surface area contributed by atoms with Gasteiger partial charge in [-0.15, -0.1) is 11.3 Å². The van der Waals surface area contributed by atoms with Crippen molar-refractivity contribution >= 4 is 34.6 Å². The summed E-state index contributed by atoms with van der Waals surface area (Å²) in [5, 5.41) is 0.538. The SMILES string of the molecule is CC(=O)c1ccc(-c2cc(Cl)cc(OCC(=O)N3CCCCC3)c2)s1. The molecule has 0 spiro atoms. The first kappa shape index (κ1) is 18.0. The number of likely N-dealkylation sites (tertiary alicyclic amines) is 1. The van der Waals surface area contributed by atoms with Crippen molar-refractivity contribution in [1.29, 1.82) is 0 Å². The molecular formula is C19H20ClNO3S. The van der Waals surface area contributed by atoms with E-state index in [-0.39, 0.29) is 18.3 Å². The van der Waals surface area contributed by atoms with E-state index < -0.39 is 0 Å². The molecule has 0 radical (unpaired) electrons. The molecule has 6 heteroatoms. The number of carbonyl (C=O) groups is 2. The zero-order valence-electron chi connectivity index (χ0n) is 14.1. The molecule has 0 bridgehead atoms. The van der Waals surface area contributed by atoms with E-state index in [4.69, 9.17) is 16.3 Å². The lowest BCUT2D eigenvalue weighted by molar-refractivity contribution is -0.134. The fourth-order valence-corrected chi connectivity index (χ4v) is 3.96. The highest BCUT2D eigenvalue weighted by Gasteiger charge is 2.17. The highest BCUT2D eigenvalue weighted by atomic mass is 35.5. The van der Waals surface area contributed by atoms with Gasteiger partial charge in [0.15, 0.2) is 12.4 Å². The average molecular weight is 378 g/mol. The Morgan fingerprint density at radius 2 is 1.92 bits per heavy atom. The van der Waals surface area contributed by atoms with Crippen LogP contribution in [-0.4, -0.2) is 36.3 Å². The molecule has 2 aromatic rings. The fourth-order valence-electron chi connectivity index (χ4n) is 2.85. The highest BCUT2D eigenvalue weighted by molar-refractivity contribution is 7.17. The van der Waals surface area contributed by atoms with Crippen molar-refractivity contribution < 1.29 is 14.3 Å². The molecule has 1 saturated heterocycles. The summed E-state index contributed by atoms with van der Waals surface area (Å²) >= 11 is 7.62. The number of benzene rings is 1. The molecular weight excluding hydrogens is 358 g/mol. The van der Waals surface area contributed by atoms with Crippen LogP contribution < -0.4 is 4.74 Å². The normalized spacial score (nSPS) is 14.4. The number of hydrogen-bond acceptors (Lipinski definition) is 4. The number of thiophene rings is 1. The Balaban J connectivity index is 1.70. The smallest absolute Gasteiger partial charge is 0.260 e. The fraction of sp³-hybridized carbons (Fsp3) is 0.368. The summed E-state index contributed by atoms with van der Waals surface area (Å²) in [7, 11) is 0. The van der Waals surface area contributed by atoms with E-state index in [1.54, 1.807) is 13.0 Å². The molecule has 1 aromatic carbocycles. The van der Waals surface area contributed by atoms with E-state index in [0.717, 1.165) is 36.4 Å². The van der Waals surface area contributed by atoms with Gasteiger partial charge in [0.25, 0.3) is 5.91 Å². The molecule has 1 aliphatic heterocycles. The van der Waals surface area contributed by atoms with Crippen molar-refractivity contribution in [2.24, 2.45) is 0 Å². The molecule has 0 aliphatic carbocycles. The summed E-state index contributed by atoms with van der Waals surface area (Å²) in [5.41, 5.74) is 0.880. The molecule has 0 N–H and O–H groups in total. The van der Waals surface area contributed by atoms with Crippen LogP contribution >= 0.6 is 22.9 Å². The summed E-state index contributed by atoms with van der Waals surface area (Å²) in [6.07, 6.45) is 3.30. The number of ether oxygens (including phenoxy) is 1. The Hall–Kier alpha value is -1.85. The number of carbonyl (C=O) groups excluding carboxylic acids is 2. The summed E-state index contributed by atoms with van der Waals surface area (Å²) in [5.74, 6) is 0.615. The first-order valence-corrected chi connectivity index (χ1v) is 9.55. The van der Waals surface area contributed by atoms with Gasteiger partial charge in [0, 0.05) is 23.0 Å². The Kier molecular flexibility index (Phi) is 5.76. The number of nitrogens with zero attached hydrogens (tertiary/aromatic N) is 1. The van der Waals surface area contributed by atoms with Gasteiger partial charge in [-0.3, -0.25) is 9.59 Å². The first-order chi connectivity index (χ1) is 12.0. The number of ketones is 1. The highest BCUT2D eigenvalue weighted by Crippen LogP contribution is 2.33. The molecule has 132 valence electrons. The molecule has 25 heavy (non-hydrogen) atoms. The Morgan fingerprint density at radius 1 is 1.16 bits per heavy atom. The minimum absolute atomic E-state index is 0.0104. The van der Waals surface area contributed by atoms with Gasteiger partial charge < -0.3 is 9.64 Å². The van der Waals surface area contributed by atoms with E-state index >= 15 is 0 Å². The van der Waals surface area contributed by atoms with E-state index in [1.165, 1.54) is 17.8 Å². The van der Waals surface area contributed by atoms with Gasteiger partial charge >= 0.3 is 0 Å². The Morgan fingerprint density at radius 3 is 2.60 bits per heavy atom. The molecule has 2 heterocycles. The van der Waals surface area contributed by atoms with Gasteiger partial charge in [0.1, 0.15) is 5.75 Å². The Labute approximate surface area is 156 Å². The monoisotopic (exact) mass is 377 g/mol. The van der Waals surface area contributed by atoms with Crippen molar-refractivity contribution in [3.8, 4) is 16.2 Å². The average Bonchev–Trinajstić information content (AvgIpc) is 3.10. The van der Waals surface area contributed by atoms with Gasteiger partial charge in [-0.1, -0.05) is 11.6 Å². The van der Waals surface area contributed by atoms with Crippen LogP contribution in [0.5, 0.6) is 5.75 Å². The molecule has 0 atom stereocenters. The third kappa shape index (κ3) is 4.61. The molecule has 1 aliphatic rings. The first-order valence-electron chi connectivity index (χ1n) is 8.35. The third-order valence-corrected chi connectivity index (χ3v) is 5.63. The maximum Gasteiger partial charge on any atom is 0.260 e. The molecule has 0 saturated carbocycles. The summed E-state index contributed by atoms with van der Waals surface area (Å²) in [4.78, 5) is 27.2. The third-order valence-electron chi connectivity index (χ3n) is 4.18. The zero-order chi connectivity index (χ0) is 17.8. The molecule has 4 nitrogen and oxygen atoms in total. The number of Topliss-reactive ketones (excluding diaryl/α,β-unsaturated/α-hetero) is 1. The minimum Gasteiger partial charge on any atom is -0.484 e. The maximum atomic E-state index is 12.2. The van der Waals surface area contributed by atoms with Gasteiger partial charge in [0.05, 0.1) is 4.88 Å². The van der Waals surface area contributed by atoms with Crippen LogP contribution in [0.3, 0.4) is 0 Å². The van der Waals surface area contributed by atoms with Gasteiger partial charge in [-0.25, -0.2) is 0 Å². The van der Waals surface area contributed by atoms with Crippen LogP contribution in [0.2, 0.25) is 5.02 Å². The van der Waals surface area contributed by atoms with Crippen LogP contribution in [0.1, 0.15) is 35.9 Å². The lowest BCUT2D eigenvalue weighted by atomic mass is 10.1. The summed E-state index contributed by atoms with van der Waals surface area (Å²) in [6.45, 7) is 3.19. The molecule has 1 amide bonds. The number of hydrogen-bond donors (Lipinski definition) is 0. The number of amides is 1. The number of piperidine rings is 1. The van der Waals surface area contributed by atoms with Gasteiger partial charge in [-0.2, -0.15) is 0 Å². The van der Waals surface area contributed by atoms with E-state index in [9.17, 15) is 9.59 Å². The predicted octanol–water partition coefficient (Wildman–Crippen LogP) is 4.66. The quantitative estimate of drug-likeness (QED) is 0.712. The molecule has 0 unspecified atom stereocenters. The van der Waals surface area contributed by atoms with Crippen molar-refractivity contribution in [2.75, 3.05) is 19.7 Å². The van der Waals surface area contributed by atoms with Crippen LogP contribution in [0.15, 0.2) is 30.3 Å². The molecule has 1 fully saturated rings. The van der Waals surface area contributed by atoms with Crippen molar-refractivity contribution in [1.82, 2.24) is 4.90 Å². The van der Waals surface area contributed by atoms with Gasteiger partial charge in [0.2, 0.25) is 0 Å².